The van der Waals surface area contributed by atoms with Gasteiger partial charge in [0.05, 0.1) is 0 Å². The molecule has 1 heterocycles. The van der Waals surface area contributed by atoms with Crippen LogP contribution in [0.3, 0.4) is 0 Å². The number of nitrogens with zero attached hydrogens (tertiary/aromatic N) is 1. The van der Waals surface area contributed by atoms with E-state index in [0.29, 0.717) is 0 Å². The SMILES string of the molecule is CCCCCCc1cc(-c2cc3c(cc2Nc2ccc4c(c2)C(C)(C)CCC4(C)C)C(C)(C)CCC3(C)C)c2c(c1)N(c1cc3c(cc1C)C(C)(C)CCC3(C)C)c1ccc3c(c1[B]2)C(C)(C)c1ccccc1-3. The second-order valence-corrected chi connectivity index (χ2v) is 28.3. The third-order valence-corrected chi connectivity index (χ3v) is 19.9. The van der Waals surface area contributed by atoms with Crippen molar-refractivity contribution in [1.29, 1.82) is 0 Å². The summed E-state index contributed by atoms with van der Waals surface area (Å²) < 4.78 is 0. The predicted molar refractivity (Wildman–Crippen MR) is 317 cm³/mol. The Morgan fingerprint density at radius 1 is 0.452 bits per heavy atom. The third-order valence-electron chi connectivity index (χ3n) is 19.9. The molecule has 0 aromatic heterocycles. The van der Waals surface area contributed by atoms with Crippen molar-refractivity contribution in [3.8, 4) is 22.3 Å². The Bertz CT molecular complexity index is 3220. The highest BCUT2D eigenvalue weighted by Gasteiger charge is 2.44. The molecule has 0 unspecified atom stereocenters. The molecule has 6 aromatic rings. The first kappa shape index (κ1) is 50.2. The molecule has 6 aromatic carbocycles. The van der Waals surface area contributed by atoms with E-state index in [1.54, 1.807) is 0 Å². The first-order valence-electron chi connectivity index (χ1n) is 28.6. The standard InChI is InChI=1S/C70H86BN2/c1-17-18-19-20-23-44-37-49(48-40-54-55(68(11,12)34-33-67(54,9)10)41-57(48)72-45-26-28-51-53(39-45)66(7,8)31-30-64(51,3)4)62-60(38-44)73(59-42-56-52(36-43(59)2)65(5,6)32-35-69(56,13)14)58-29-27-47-46-24-21-22-25-50(46)70(15,16)61(47)63(58)71-62/h21-22,24-29,36-42,72H,17-20,23,30-35H2,1-16H3. The highest BCUT2D eigenvalue weighted by molar-refractivity contribution is 6.74. The number of benzene rings is 6. The molecule has 11 rings (SSSR count). The minimum atomic E-state index is -0.184. The van der Waals surface area contributed by atoms with Crippen LogP contribution >= 0.6 is 0 Å². The van der Waals surface area contributed by atoms with E-state index < -0.39 is 0 Å². The predicted octanol–water partition coefficient (Wildman–Crippen LogP) is 18.3. The third kappa shape index (κ3) is 8.09. The van der Waals surface area contributed by atoms with Gasteiger partial charge >= 0.3 is 0 Å². The summed E-state index contributed by atoms with van der Waals surface area (Å²) in [4.78, 5) is 2.74. The number of hydrogen-bond donors (Lipinski definition) is 1. The lowest BCUT2D eigenvalue weighted by molar-refractivity contribution is 0.332. The van der Waals surface area contributed by atoms with Crippen LogP contribution in [0.2, 0.25) is 0 Å². The molecule has 2 nitrogen and oxygen atoms in total. The van der Waals surface area contributed by atoms with Crippen LogP contribution in [0.5, 0.6) is 0 Å². The zero-order valence-corrected chi connectivity index (χ0v) is 48.0. The summed E-state index contributed by atoms with van der Waals surface area (Å²) in [6.07, 6.45) is 13.1. The van der Waals surface area contributed by atoms with Crippen LogP contribution in [0.4, 0.5) is 28.4 Å². The number of anilines is 5. The largest absolute Gasteiger partial charge is 0.355 e. The molecule has 5 aliphatic rings. The van der Waals surface area contributed by atoms with E-state index in [1.165, 1.54) is 181 Å². The second-order valence-electron chi connectivity index (χ2n) is 28.3. The molecule has 1 aliphatic heterocycles. The van der Waals surface area contributed by atoms with Gasteiger partial charge in [-0.1, -0.05) is 177 Å². The molecular formula is C70H86BN2. The van der Waals surface area contributed by atoms with Crippen LogP contribution in [0.25, 0.3) is 22.3 Å². The number of nitrogens with one attached hydrogen (secondary N) is 1. The Hall–Kier alpha value is -5.02. The van der Waals surface area contributed by atoms with Crippen molar-refractivity contribution in [3.05, 3.63) is 147 Å². The second kappa shape index (κ2) is 17.0. The minimum Gasteiger partial charge on any atom is -0.355 e. The molecule has 379 valence electrons. The summed E-state index contributed by atoms with van der Waals surface area (Å²) in [6, 6.07) is 37.2. The highest BCUT2D eigenvalue weighted by atomic mass is 15.2. The van der Waals surface area contributed by atoms with Crippen LogP contribution in [-0.4, -0.2) is 7.28 Å². The van der Waals surface area contributed by atoms with Crippen LogP contribution in [0.1, 0.15) is 224 Å². The Kier molecular flexibility index (Phi) is 11.7. The summed E-state index contributed by atoms with van der Waals surface area (Å²) in [7, 11) is 2.65. The van der Waals surface area contributed by atoms with Gasteiger partial charge in [0, 0.05) is 39.4 Å². The summed E-state index contributed by atoms with van der Waals surface area (Å²) in [5.41, 5.74) is 29.4. The van der Waals surface area contributed by atoms with E-state index in [-0.39, 0.29) is 37.9 Å². The first-order chi connectivity index (χ1) is 34.3. The van der Waals surface area contributed by atoms with Crippen LogP contribution in [-0.2, 0) is 44.3 Å². The lowest BCUT2D eigenvalue weighted by Crippen LogP contribution is -2.45. The van der Waals surface area contributed by atoms with Crippen molar-refractivity contribution in [1.82, 2.24) is 0 Å². The fraction of sp³-hybridized carbons (Fsp3) is 0.486. The van der Waals surface area contributed by atoms with E-state index in [9.17, 15) is 0 Å². The van der Waals surface area contributed by atoms with Gasteiger partial charge in [-0.05, 0) is 211 Å². The van der Waals surface area contributed by atoms with Crippen molar-refractivity contribution < 1.29 is 0 Å². The normalized spacial score (nSPS) is 20.3. The maximum absolute atomic E-state index is 4.25. The van der Waals surface area contributed by atoms with Crippen LogP contribution in [0.15, 0.2) is 91.0 Å². The molecule has 4 aliphatic carbocycles. The van der Waals surface area contributed by atoms with E-state index in [0.717, 1.165) is 6.42 Å². The molecule has 3 heteroatoms. The molecule has 0 bridgehead atoms. The highest BCUT2D eigenvalue weighted by Crippen LogP contribution is 2.55. The fourth-order valence-corrected chi connectivity index (χ4v) is 14.6. The zero-order valence-electron chi connectivity index (χ0n) is 48.0. The first-order valence-corrected chi connectivity index (χ1v) is 28.6. The van der Waals surface area contributed by atoms with E-state index in [1.807, 2.05) is 0 Å². The van der Waals surface area contributed by atoms with E-state index >= 15 is 0 Å². The van der Waals surface area contributed by atoms with Gasteiger partial charge in [0.15, 0.2) is 7.28 Å². The summed E-state index contributed by atoms with van der Waals surface area (Å²) in [5.74, 6) is 0. The Labute approximate surface area is 442 Å². The molecule has 0 spiro atoms. The van der Waals surface area contributed by atoms with E-state index in [4.69, 9.17) is 0 Å². The topological polar surface area (TPSA) is 15.3 Å². The monoisotopic (exact) mass is 966 g/mol. The minimum absolute atomic E-state index is 0.0389. The van der Waals surface area contributed by atoms with Crippen LogP contribution < -0.4 is 21.1 Å². The molecule has 0 fully saturated rings. The molecular weight excluding hydrogens is 880 g/mol. The van der Waals surface area contributed by atoms with Gasteiger partial charge in [-0.15, -0.1) is 0 Å². The quantitative estimate of drug-likeness (QED) is 0.115. The van der Waals surface area contributed by atoms with Gasteiger partial charge < -0.3 is 10.2 Å². The maximum Gasteiger partial charge on any atom is 0.198 e. The van der Waals surface area contributed by atoms with Gasteiger partial charge in [-0.2, -0.15) is 0 Å². The number of hydrogen-bond acceptors (Lipinski definition) is 2. The van der Waals surface area contributed by atoms with Crippen LogP contribution in [0, 0.1) is 6.92 Å². The number of aryl methyl sites for hydroxylation is 2. The average molecular weight is 966 g/mol. The summed E-state index contributed by atoms with van der Waals surface area (Å²) in [5, 5.41) is 4.25. The number of rotatable bonds is 9. The van der Waals surface area contributed by atoms with Gasteiger partial charge in [0.25, 0.3) is 0 Å². The molecule has 0 atom stereocenters. The van der Waals surface area contributed by atoms with Crippen molar-refractivity contribution in [2.45, 2.75) is 219 Å². The molecule has 1 N–H and O–H groups in total. The van der Waals surface area contributed by atoms with Crippen molar-refractivity contribution in [3.63, 3.8) is 0 Å². The Balaban J connectivity index is 1.21. The zero-order chi connectivity index (χ0) is 52.0. The summed E-state index contributed by atoms with van der Waals surface area (Å²) >= 11 is 0. The molecule has 0 saturated heterocycles. The summed E-state index contributed by atoms with van der Waals surface area (Å²) in [6.45, 7) is 39.4. The van der Waals surface area contributed by atoms with Gasteiger partial charge in [0.2, 0.25) is 0 Å². The number of fused-ring (bicyclic) bond motifs is 9. The fourth-order valence-electron chi connectivity index (χ4n) is 14.6. The van der Waals surface area contributed by atoms with Gasteiger partial charge in [0.1, 0.15) is 0 Å². The maximum atomic E-state index is 4.25. The van der Waals surface area contributed by atoms with Crippen molar-refractivity contribution in [2.24, 2.45) is 0 Å². The van der Waals surface area contributed by atoms with Crippen molar-refractivity contribution in [2.75, 3.05) is 10.2 Å². The van der Waals surface area contributed by atoms with E-state index in [2.05, 4.69) is 219 Å². The smallest absolute Gasteiger partial charge is 0.198 e. The number of unbranched alkanes of at least 4 members (excludes halogenated alkanes) is 3. The lowest BCUT2D eigenvalue weighted by atomic mass is 9.54. The molecule has 1 radical (unpaired) electrons. The van der Waals surface area contributed by atoms with Crippen molar-refractivity contribution >= 4 is 46.6 Å². The molecule has 73 heavy (non-hydrogen) atoms. The molecule has 0 saturated carbocycles. The van der Waals surface area contributed by atoms with Gasteiger partial charge in [-0.25, -0.2) is 0 Å². The molecule has 0 amide bonds. The van der Waals surface area contributed by atoms with Gasteiger partial charge in [-0.3, -0.25) is 0 Å². The average Bonchev–Trinajstić information content (AvgIpc) is 3.57. The Morgan fingerprint density at radius 3 is 1.67 bits per heavy atom. The lowest BCUT2D eigenvalue weighted by Gasteiger charge is -2.44. The Morgan fingerprint density at radius 2 is 1.03 bits per heavy atom.